The summed E-state index contributed by atoms with van der Waals surface area (Å²) < 4.78 is 5.82. The summed E-state index contributed by atoms with van der Waals surface area (Å²) in [6, 6.07) is 10.00. The van der Waals surface area contributed by atoms with Gasteiger partial charge in [0.15, 0.2) is 8.32 Å². The summed E-state index contributed by atoms with van der Waals surface area (Å²) in [7, 11) is -1.46. The van der Waals surface area contributed by atoms with Gasteiger partial charge in [0.2, 0.25) is 0 Å². The van der Waals surface area contributed by atoms with Gasteiger partial charge in [0, 0.05) is 5.56 Å². The minimum atomic E-state index is -1.46. The van der Waals surface area contributed by atoms with Crippen LogP contribution >= 0.6 is 0 Å². The average Bonchev–Trinajstić information content (AvgIpc) is 2.14. The molecule has 0 bridgehead atoms. The van der Waals surface area contributed by atoms with Crippen LogP contribution in [0.5, 0.6) is 0 Å². The smallest absolute Gasteiger partial charge is 0.185 e. The van der Waals surface area contributed by atoms with Crippen LogP contribution in [-0.4, -0.2) is 14.4 Å². The van der Waals surface area contributed by atoms with Crippen molar-refractivity contribution in [3.8, 4) is 11.8 Å². The molecule has 0 heterocycles. The number of hydrogen-bond donors (Lipinski definition) is 0. The van der Waals surface area contributed by atoms with Crippen LogP contribution in [0.3, 0.4) is 0 Å². The summed E-state index contributed by atoms with van der Waals surface area (Å²) in [6.07, 6.45) is 0.0249. The lowest BCUT2D eigenvalue weighted by Gasteiger charge is -2.19. The van der Waals surface area contributed by atoms with Crippen molar-refractivity contribution in [3.05, 3.63) is 35.9 Å². The first-order chi connectivity index (χ1) is 6.97. The van der Waals surface area contributed by atoms with Gasteiger partial charge < -0.3 is 4.43 Å². The lowest BCUT2D eigenvalue weighted by atomic mass is 10.2. The third kappa shape index (κ3) is 5.41. The van der Waals surface area contributed by atoms with E-state index < -0.39 is 8.32 Å². The first kappa shape index (κ1) is 12.0. The van der Waals surface area contributed by atoms with Crippen molar-refractivity contribution in [2.75, 3.05) is 0 Å². The zero-order valence-electron chi connectivity index (χ0n) is 9.87. The van der Waals surface area contributed by atoms with E-state index in [1.54, 1.807) is 0 Å². The molecular formula is C13H18OSi. The first-order valence-electron chi connectivity index (χ1n) is 5.22. The van der Waals surface area contributed by atoms with Gasteiger partial charge in [0.1, 0.15) is 6.10 Å². The molecule has 0 saturated heterocycles. The van der Waals surface area contributed by atoms with Gasteiger partial charge in [-0.05, 0) is 38.7 Å². The molecule has 0 amide bonds. The quantitative estimate of drug-likeness (QED) is 0.547. The maximum absolute atomic E-state index is 5.82. The highest BCUT2D eigenvalue weighted by Gasteiger charge is 2.16. The summed E-state index contributed by atoms with van der Waals surface area (Å²) >= 11 is 0. The lowest BCUT2D eigenvalue weighted by Crippen LogP contribution is -2.29. The van der Waals surface area contributed by atoms with Crippen LogP contribution in [-0.2, 0) is 4.43 Å². The van der Waals surface area contributed by atoms with Gasteiger partial charge in [-0.3, -0.25) is 0 Å². The van der Waals surface area contributed by atoms with Crippen LogP contribution < -0.4 is 0 Å². The van der Waals surface area contributed by atoms with Crippen molar-refractivity contribution >= 4 is 8.32 Å². The minimum absolute atomic E-state index is 0.0249. The highest BCUT2D eigenvalue weighted by molar-refractivity contribution is 6.69. The van der Waals surface area contributed by atoms with E-state index in [-0.39, 0.29) is 6.10 Å². The Morgan fingerprint density at radius 3 is 2.27 bits per heavy atom. The molecule has 1 aromatic carbocycles. The predicted molar refractivity (Wildman–Crippen MR) is 67.2 cm³/mol. The van der Waals surface area contributed by atoms with Crippen LogP contribution in [0, 0.1) is 11.8 Å². The van der Waals surface area contributed by atoms with Gasteiger partial charge in [-0.1, -0.05) is 30.0 Å². The minimum Gasteiger partial charge on any atom is -0.404 e. The number of rotatable bonds is 2. The van der Waals surface area contributed by atoms with Crippen molar-refractivity contribution in [2.45, 2.75) is 32.7 Å². The second kappa shape index (κ2) is 5.15. The highest BCUT2D eigenvalue weighted by atomic mass is 28.4. The zero-order valence-corrected chi connectivity index (χ0v) is 10.9. The Morgan fingerprint density at radius 1 is 1.13 bits per heavy atom. The van der Waals surface area contributed by atoms with Gasteiger partial charge >= 0.3 is 0 Å². The molecule has 1 rings (SSSR count). The molecule has 15 heavy (non-hydrogen) atoms. The molecule has 0 aliphatic carbocycles. The van der Waals surface area contributed by atoms with E-state index >= 15 is 0 Å². The molecule has 0 aromatic heterocycles. The SMILES string of the molecule is CC(C#Cc1ccccc1)O[Si](C)(C)C. The fraction of sp³-hybridized carbons (Fsp3) is 0.385. The van der Waals surface area contributed by atoms with Crippen molar-refractivity contribution in [3.63, 3.8) is 0 Å². The van der Waals surface area contributed by atoms with E-state index in [1.165, 1.54) is 0 Å². The molecule has 2 heteroatoms. The van der Waals surface area contributed by atoms with Crippen molar-refractivity contribution < 1.29 is 4.43 Å². The van der Waals surface area contributed by atoms with Crippen LogP contribution in [0.15, 0.2) is 30.3 Å². The Hall–Kier alpha value is -1.04. The van der Waals surface area contributed by atoms with Crippen LogP contribution in [0.25, 0.3) is 0 Å². The van der Waals surface area contributed by atoms with Gasteiger partial charge in [0.25, 0.3) is 0 Å². The number of hydrogen-bond acceptors (Lipinski definition) is 1. The Labute approximate surface area is 93.6 Å². The average molecular weight is 218 g/mol. The van der Waals surface area contributed by atoms with E-state index in [9.17, 15) is 0 Å². The second-order valence-corrected chi connectivity index (χ2v) is 8.97. The molecule has 0 aliphatic heterocycles. The van der Waals surface area contributed by atoms with E-state index in [4.69, 9.17) is 4.43 Å². The molecular weight excluding hydrogens is 200 g/mol. The highest BCUT2D eigenvalue weighted by Crippen LogP contribution is 2.06. The molecule has 0 spiro atoms. The Bertz CT molecular complexity index is 354. The molecule has 0 fully saturated rings. The van der Waals surface area contributed by atoms with E-state index in [0.29, 0.717) is 0 Å². The summed E-state index contributed by atoms with van der Waals surface area (Å²) in [4.78, 5) is 0. The van der Waals surface area contributed by atoms with E-state index in [1.807, 2.05) is 37.3 Å². The van der Waals surface area contributed by atoms with Crippen LogP contribution in [0.4, 0.5) is 0 Å². The van der Waals surface area contributed by atoms with Crippen LogP contribution in [0.1, 0.15) is 12.5 Å². The second-order valence-electron chi connectivity index (χ2n) is 4.51. The van der Waals surface area contributed by atoms with Gasteiger partial charge in [-0.25, -0.2) is 0 Å². The fourth-order valence-electron chi connectivity index (χ4n) is 1.27. The fourth-order valence-corrected chi connectivity index (χ4v) is 2.39. The third-order valence-electron chi connectivity index (χ3n) is 1.72. The monoisotopic (exact) mass is 218 g/mol. The molecule has 1 aromatic rings. The van der Waals surface area contributed by atoms with Crippen molar-refractivity contribution in [2.24, 2.45) is 0 Å². The van der Waals surface area contributed by atoms with Gasteiger partial charge in [-0.2, -0.15) is 0 Å². The van der Waals surface area contributed by atoms with Gasteiger partial charge in [-0.15, -0.1) is 0 Å². The van der Waals surface area contributed by atoms with Crippen molar-refractivity contribution in [1.29, 1.82) is 0 Å². The Kier molecular flexibility index (Phi) is 4.13. The topological polar surface area (TPSA) is 9.23 Å². The zero-order chi connectivity index (χ0) is 11.3. The standard InChI is InChI=1S/C13H18OSi/c1-12(14-15(2,3)4)10-11-13-8-6-5-7-9-13/h5-9,12H,1-4H3. The largest absolute Gasteiger partial charge is 0.404 e. The molecule has 80 valence electrons. The van der Waals surface area contributed by atoms with Crippen LogP contribution in [0.2, 0.25) is 19.6 Å². The first-order valence-corrected chi connectivity index (χ1v) is 8.62. The Balaban J connectivity index is 2.59. The molecule has 0 saturated carbocycles. The summed E-state index contributed by atoms with van der Waals surface area (Å²) in [5.41, 5.74) is 1.04. The van der Waals surface area contributed by atoms with Crippen molar-refractivity contribution in [1.82, 2.24) is 0 Å². The molecule has 1 nitrogen and oxygen atoms in total. The maximum atomic E-state index is 5.82. The van der Waals surface area contributed by atoms with E-state index in [2.05, 4.69) is 31.5 Å². The normalized spacial score (nSPS) is 12.8. The van der Waals surface area contributed by atoms with E-state index in [0.717, 1.165) is 5.56 Å². The summed E-state index contributed by atoms with van der Waals surface area (Å²) in [5, 5.41) is 0. The summed E-state index contributed by atoms with van der Waals surface area (Å²) in [5.74, 6) is 6.23. The van der Waals surface area contributed by atoms with Gasteiger partial charge in [0.05, 0.1) is 0 Å². The molecule has 1 atom stereocenters. The maximum Gasteiger partial charge on any atom is 0.185 e. The number of benzene rings is 1. The molecule has 1 unspecified atom stereocenters. The molecule has 0 N–H and O–H groups in total. The molecule has 0 radical (unpaired) electrons. The lowest BCUT2D eigenvalue weighted by molar-refractivity contribution is 0.272. The molecule has 0 aliphatic rings. The third-order valence-corrected chi connectivity index (χ3v) is 2.78. The predicted octanol–water partition coefficient (Wildman–Crippen LogP) is 3.28. The summed E-state index contributed by atoms with van der Waals surface area (Å²) in [6.45, 7) is 8.53. The Morgan fingerprint density at radius 2 is 1.73 bits per heavy atom.